The third-order valence-corrected chi connectivity index (χ3v) is 4.82. The van der Waals surface area contributed by atoms with Crippen LogP contribution in [0.2, 0.25) is 0 Å². The highest BCUT2D eigenvalue weighted by Gasteiger charge is 2.21. The molecule has 6 nitrogen and oxygen atoms in total. The molecule has 0 aromatic heterocycles. The summed E-state index contributed by atoms with van der Waals surface area (Å²) in [4.78, 5) is 19.0. The molecule has 1 heterocycles. The van der Waals surface area contributed by atoms with E-state index >= 15 is 0 Å². The van der Waals surface area contributed by atoms with E-state index in [1.807, 2.05) is 4.90 Å². The summed E-state index contributed by atoms with van der Waals surface area (Å²) < 4.78 is 26.2. The van der Waals surface area contributed by atoms with E-state index in [9.17, 15) is 13.6 Å². The molecule has 1 aliphatic rings. The number of nitrogens with one attached hydrogen (secondary N) is 1. The third kappa shape index (κ3) is 5.82. The quantitative estimate of drug-likeness (QED) is 0.530. The van der Waals surface area contributed by atoms with Crippen LogP contribution in [0.1, 0.15) is 41.2 Å². The number of benzene rings is 2. The maximum atomic E-state index is 13.1. The smallest absolute Gasteiger partial charge is 0.257 e. The van der Waals surface area contributed by atoms with Crippen LogP contribution in [0.5, 0.6) is 0 Å². The van der Waals surface area contributed by atoms with Crippen molar-refractivity contribution in [2.45, 2.75) is 31.5 Å². The molecule has 0 bridgehead atoms. The van der Waals surface area contributed by atoms with Crippen LogP contribution in [0.25, 0.3) is 0 Å². The molecule has 2 atom stereocenters. The number of carbonyl (C=O) groups is 1. The van der Waals surface area contributed by atoms with Gasteiger partial charge >= 0.3 is 0 Å². The molecule has 1 fully saturated rings. The van der Waals surface area contributed by atoms with Crippen molar-refractivity contribution in [2.75, 3.05) is 13.1 Å². The molecule has 29 heavy (non-hydrogen) atoms. The van der Waals surface area contributed by atoms with E-state index in [0.717, 1.165) is 31.5 Å². The highest BCUT2D eigenvalue weighted by molar-refractivity contribution is 6.05. The molecular weight excluding hydrogens is 376 g/mol. The van der Waals surface area contributed by atoms with Gasteiger partial charge in [-0.15, -0.1) is 0 Å². The minimum absolute atomic E-state index is 0.329. The fourth-order valence-electron chi connectivity index (χ4n) is 3.21. The monoisotopic (exact) mass is 401 g/mol. The number of rotatable bonds is 5. The standard InChI is InChI=1S/C21H25F2N5O/c22-16-7-3-14(4-8-16)18(24)13-19(25)26-21(28-11-1-2-12-28)27-20(29)15-5-9-17(23)10-6-15/h3-10,18-19H,1-2,11-13,24-25H2,(H,26,27,29). The molecule has 1 saturated heterocycles. The van der Waals surface area contributed by atoms with Gasteiger partial charge in [0.2, 0.25) is 5.96 Å². The number of aliphatic imine (C=N–C) groups is 1. The lowest BCUT2D eigenvalue weighted by Crippen LogP contribution is -2.44. The van der Waals surface area contributed by atoms with Gasteiger partial charge in [0.25, 0.3) is 5.91 Å². The van der Waals surface area contributed by atoms with Gasteiger partial charge in [0.15, 0.2) is 0 Å². The Bertz CT molecular complexity index is 848. The Hall–Kier alpha value is -2.84. The van der Waals surface area contributed by atoms with E-state index in [1.54, 1.807) is 12.1 Å². The highest BCUT2D eigenvalue weighted by Crippen LogP contribution is 2.17. The Morgan fingerprint density at radius 3 is 2.14 bits per heavy atom. The molecule has 2 aromatic rings. The summed E-state index contributed by atoms with van der Waals surface area (Å²) in [5.41, 5.74) is 13.4. The molecular formula is C21H25F2N5O. The summed E-state index contributed by atoms with van der Waals surface area (Å²) in [5, 5.41) is 2.79. The first kappa shape index (κ1) is 20.9. The number of likely N-dealkylation sites (tertiary alicyclic amines) is 1. The zero-order valence-electron chi connectivity index (χ0n) is 16.0. The van der Waals surface area contributed by atoms with Crippen molar-refractivity contribution in [3.05, 3.63) is 71.3 Å². The van der Waals surface area contributed by atoms with Crippen LogP contribution >= 0.6 is 0 Å². The second-order valence-electron chi connectivity index (χ2n) is 7.07. The van der Waals surface area contributed by atoms with Gasteiger partial charge in [0.05, 0.1) is 0 Å². The third-order valence-electron chi connectivity index (χ3n) is 4.82. The van der Waals surface area contributed by atoms with Crippen molar-refractivity contribution in [1.82, 2.24) is 10.2 Å². The molecule has 5 N–H and O–H groups in total. The van der Waals surface area contributed by atoms with E-state index in [2.05, 4.69) is 10.3 Å². The molecule has 8 heteroatoms. The number of hydrogen-bond acceptors (Lipinski definition) is 4. The van der Waals surface area contributed by atoms with Gasteiger partial charge in [-0.2, -0.15) is 0 Å². The fourth-order valence-corrected chi connectivity index (χ4v) is 3.21. The lowest BCUT2D eigenvalue weighted by Gasteiger charge is -2.23. The van der Waals surface area contributed by atoms with Gasteiger partial charge in [-0.05, 0) is 54.8 Å². The van der Waals surface area contributed by atoms with Crippen LogP contribution < -0.4 is 16.8 Å². The minimum atomic E-state index is -0.654. The Labute approximate surface area is 168 Å². The number of guanidine groups is 1. The summed E-state index contributed by atoms with van der Waals surface area (Å²) >= 11 is 0. The number of nitrogens with two attached hydrogens (primary N) is 2. The van der Waals surface area contributed by atoms with E-state index in [4.69, 9.17) is 11.5 Å². The van der Waals surface area contributed by atoms with E-state index < -0.39 is 18.0 Å². The van der Waals surface area contributed by atoms with Gasteiger partial charge in [0, 0.05) is 31.1 Å². The number of amides is 1. The first-order valence-electron chi connectivity index (χ1n) is 9.58. The van der Waals surface area contributed by atoms with Gasteiger partial charge in [0.1, 0.15) is 17.8 Å². The average Bonchev–Trinajstić information content (AvgIpc) is 3.23. The fraction of sp³-hybridized carbons (Fsp3) is 0.333. The van der Waals surface area contributed by atoms with Gasteiger partial charge in [-0.25, -0.2) is 13.8 Å². The summed E-state index contributed by atoms with van der Waals surface area (Å²) in [6.45, 7) is 1.53. The molecule has 0 aliphatic carbocycles. The Balaban J connectivity index is 1.71. The first-order valence-corrected chi connectivity index (χ1v) is 9.58. The van der Waals surface area contributed by atoms with E-state index in [-0.39, 0.29) is 11.7 Å². The van der Waals surface area contributed by atoms with Crippen molar-refractivity contribution < 1.29 is 13.6 Å². The minimum Gasteiger partial charge on any atom is -0.343 e. The lowest BCUT2D eigenvalue weighted by molar-refractivity contribution is 0.0972. The number of hydrogen-bond donors (Lipinski definition) is 3. The lowest BCUT2D eigenvalue weighted by atomic mass is 10.0. The van der Waals surface area contributed by atoms with Gasteiger partial charge in [-0.1, -0.05) is 12.1 Å². The number of carbonyl (C=O) groups excluding carboxylic acids is 1. The Kier molecular flexibility index (Phi) is 6.90. The van der Waals surface area contributed by atoms with Crippen LogP contribution in [0, 0.1) is 11.6 Å². The second-order valence-corrected chi connectivity index (χ2v) is 7.07. The van der Waals surface area contributed by atoms with Crippen molar-refractivity contribution in [3.8, 4) is 0 Å². The molecule has 3 rings (SSSR count). The van der Waals surface area contributed by atoms with E-state index in [1.165, 1.54) is 36.4 Å². The molecule has 1 amide bonds. The SMILES string of the molecule is NC(CC(N)c1ccc(F)cc1)N=C(NC(=O)c1ccc(F)cc1)N1CCCC1. The first-order chi connectivity index (χ1) is 13.9. The van der Waals surface area contributed by atoms with Crippen molar-refractivity contribution in [3.63, 3.8) is 0 Å². The summed E-state index contributed by atoms with van der Waals surface area (Å²) in [5.74, 6) is -0.740. The Morgan fingerprint density at radius 1 is 1.00 bits per heavy atom. The molecule has 2 aromatic carbocycles. The molecule has 0 spiro atoms. The Morgan fingerprint density at radius 2 is 1.55 bits per heavy atom. The second kappa shape index (κ2) is 9.58. The van der Waals surface area contributed by atoms with Gasteiger partial charge in [-0.3, -0.25) is 10.1 Å². The van der Waals surface area contributed by atoms with Crippen LogP contribution in [-0.2, 0) is 0 Å². The normalized spacial score (nSPS) is 16.6. The van der Waals surface area contributed by atoms with Crippen molar-refractivity contribution >= 4 is 11.9 Å². The summed E-state index contributed by atoms with van der Waals surface area (Å²) in [6.07, 6.45) is 1.67. The van der Waals surface area contributed by atoms with Gasteiger partial charge < -0.3 is 16.4 Å². The average molecular weight is 401 g/mol. The van der Waals surface area contributed by atoms with Crippen LogP contribution in [0.4, 0.5) is 8.78 Å². The molecule has 1 aliphatic heterocycles. The zero-order valence-corrected chi connectivity index (χ0v) is 16.0. The van der Waals surface area contributed by atoms with E-state index in [0.29, 0.717) is 17.9 Å². The molecule has 154 valence electrons. The maximum Gasteiger partial charge on any atom is 0.257 e. The highest BCUT2D eigenvalue weighted by atomic mass is 19.1. The van der Waals surface area contributed by atoms with Crippen LogP contribution in [-0.4, -0.2) is 36.0 Å². The molecule has 0 saturated carbocycles. The van der Waals surface area contributed by atoms with Crippen molar-refractivity contribution in [2.24, 2.45) is 16.5 Å². The summed E-state index contributed by atoms with van der Waals surface area (Å²) in [6, 6.07) is 10.8. The zero-order chi connectivity index (χ0) is 20.8. The predicted octanol–water partition coefficient (Wildman–Crippen LogP) is 2.52. The van der Waals surface area contributed by atoms with Crippen LogP contribution in [0.15, 0.2) is 53.5 Å². The van der Waals surface area contributed by atoms with Crippen molar-refractivity contribution in [1.29, 1.82) is 0 Å². The topological polar surface area (TPSA) is 96.7 Å². The molecule has 0 radical (unpaired) electrons. The number of halogens is 2. The largest absolute Gasteiger partial charge is 0.343 e. The van der Waals surface area contributed by atoms with Crippen LogP contribution in [0.3, 0.4) is 0 Å². The molecule has 2 unspecified atom stereocenters. The maximum absolute atomic E-state index is 13.1. The summed E-state index contributed by atoms with van der Waals surface area (Å²) in [7, 11) is 0. The predicted molar refractivity (Wildman–Crippen MR) is 108 cm³/mol. The number of nitrogens with zero attached hydrogens (tertiary/aromatic N) is 2.